The summed E-state index contributed by atoms with van der Waals surface area (Å²) in [4.78, 5) is 21.5. The number of methoxy groups -OCH3 is 1. The zero-order chi connectivity index (χ0) is 18.8. The Bertz CT molecular complexity index is 1110. The number of hydrogen-bond donors (Lipinski definition) is 2. The van der Waals surface area contributed by atoms with Crippen molar-refractivity contribution in [2.24, 2.45) is 0 Å². The first-order valence-corrected chi connectivity index (χ1v) is 9.15. The number of rotatable bonds is 5. The first-order valence-electron chi connectivity index (χ1n) is 8.28. The first-order chi connectivity index (χ1) is 13.2. The quantitative estimate of drug-likeness (QED) is 0.389. The number of hydrogen-bond acceptors (Lipinski definition) is 5. The predicted octanol–water partition coefficient (Wildman–Crippen LogP) is 4.76. The van der Waals surface area contributed by atoms with Gasteiger partial charge in [0.15, 0.2) is 11.5 Å². The number of allylic oxidation sites excluding steroid dienone is 1. The number of aromatic nitrogens is 2. The van der Waals surface area contributed by atoms with E-state index < -0.39 is 0 Å². The Balaban J connectivity index is 1.86. The number of nitrogens with zero attached hydrogens (tertiary/aromatic N) is 1. The van der Waals surface area contributed by atoms with Gasteiger partial charge in [0, 0.05) is 0 Å². The van der Waals surface area contributed by atoms with E-state index >= 15 is 0 Å². The Kier molecular flexibility index (Phi) is 4.48. The largest absolute Gasteiger partial charge is 0.504 e. The maximum Gasteiger partial charge on any atom is 0.206 e. The Hall–Kier alpha value is -3.38. The van der Waals surface area contributed by atoms with Crippen molar-refractivity contribution in [2.75, 3.05) is 7.11 Å². The van der Waals surface area contributed by atoms with Gasteiger partial charge in [0.1, 0.15) is 5.82 Å². The molecule has 0 saturated heterocycles. The smallest absolute Gasteiger partial charge is 0.206 e. The summed E-state index contributed by atoms with van der Waals surface area (Å²) < 4.78 is 5.17. The molecule has 0 aliphatic rings. The van der Waals surface area contributed by atoms with E-state index in [1.807, 2.05) is 35.7 Å². The molecule has 0 radical (unpaired) electrons. The van der Waals surface area contributed by atoms with E-state index in [1.165, 1.54) is 24.5 Å². The zero-order valence-corrected chi connectivity index (χ0v) is 15.3. The standard InChI is InChI=1S/C21H16N2O3S/c1-26-18-12-13(8-9-17(18)24)11-14(20(25)19-7-4-10-27-19)21-22-15-5-2-3-6-16(15)23-21/h2-12,24H,1H3,(H,22,23)/b14-11+. The fraction of sp³-hybridized carbons (Fsp3) is 0.0476. The third-order valence-electron chi connectivity index (χ3n) is 4.15. The summed E-state index contributed by atoms with van der Waals surface area (Å²) in [5.41, 5.74) is 2.83. The van der Waals surface area contributed by atoms with Crippen LogP contribution in [0.15, 0.2) is 60.0 Å². The molecule has 0 saturated carbocycles. The first kappa shape index (κ1) is 17.1. The van der Waals surface area contributed by atoms with E-state index in [9.17, 15) is 9.90 Å². The van der Waals surface area contributed by atoms with E-state index in [1.54, 1.807) is 24.3 Å². The Labute approximate surface area is 159 Å². The summed E-state index contributed by atoms with van der Waals surface area (Å²) in [6, 6.07) is 16.2. The highest BCUT2D eigenvalue weighted by Crippen LogP contribution is 2.30. The highest BCUT2D eigenvalue weighted by Gasteiger charge is 2.19. The third-order valence-corrected chi connectivity index (χ3v) is 5.02. The van der Waals surface area contributed by atoms with Crippen LogP contribution in [0.4, 0.5) is 0 Å². The minimum absolute atomic E-state index is 0.0459. The summed E-state index contributed by atoms with van der Waals surface area (Å²) in [6.07, 6.45) is 1.75. The number of ether oxygens (including phenoxy) is 1. The third kappa shape index (κ3) is 3.35. The lowest BCUT2D eigenvalue weighted by Crippen LogP contribution is -2.02. The van der Waals surface area contributed by atoms with Crippen molar-refractivity contribution in [3.05, 3.63) is 76.2 Å². The molecule has 2 aromatic carbocycles. The Morgan fingerprint density at radius 2 is 2.04 bits per heavy atom. The average Bonchev–Trinajstić information content (AvgIpc) is 3.36. The van der Waals surface area contributed by atoms with Crippen molar-refractivity contribution in [1.82, 2.24) is 9.97 Å². The molecule has 5 nitrogen and oxygen atoms in total. The van der Waals surface area contributed by atoms with Crippen LogP contribution in [-0.4, -0.2) is 28.0 Å². The number of para-hydroxylation sites is 2. The SMILES string of the molecule is COc1cc(/C=C(\C(=O)c2cccs2)c2nc3ccccc3[nH]2)ccc1O. The fourth-order valence-corrected chi connectivity index (χ4v) is 3.49. The van der Waals surface area contributed by atoms with Crippen LogP contribution in [0.2, 0.25) is 0 Å². The van der Waals surface area contributed by atoms with Gasteiger partial charge >= 0.3 is 0 Å². The molecule has 4 aromatic rings. The van der Waals surface area contributed by atoms with Crippen molar-refractivity contribution in [2.45, 2.75) is 0 Å². The van der Waals surface area contributed by atoms with Crippen LogP contribution in [0.5, 0.6) is 11.5 Å². The number of thiophene rings is 1. The van der Waals surface area contributed by atoms with E-state index in [2.05, 4.69) is 9.97 Å². The molecule has 134 valence electrons. The fourth-order valence-electron chi connectivity index (χ4n) is 2.81. The molecule has 0 spiro atoms. The second kappa shape index (κ2) is 7.09. The highest BCUT2D eigenvalue weighted by molar-refractivity contribution is 7.12. The van der Waals surface area contributed by atoms with Crippen molar-refractivity contribution >= 4 is 39.8 Å². The molecule has 2 N–H and O–H groups in total. The molecule has 0 atom stereocenters. The lowest BCUT2D eigenvalue weighted by atomic mass is 10.0. The van der Waals surface area contributed by atoms with Gasteiger partial charge in [-0.05, 0) is 47.4 Å². The number of H-pyrrole nitrogens is 1. The topological polar surface area (TPSA) is 75.2 Å². The molecule has 2 aromatic heterocycles. The Morgan fingerprint density at radius 1 is 1.19 bits per heavy atom. The van der Waals surface area contributed by atoms with Gasteiger partial charge in [-0.25, -0.2) is 4.98 Å². The molecular weight excluding hydrogens is 360 g/mol. The van der Waals surface area contributed by atoms with Crippen LogP contribution in [0.3, 0.4) is 0 Å². The van der Waals surface area contributed by atoms with Crippen LogP contribution in [-0.2, 0) is 0 Å². The van der Waals surface area contributed by atoms with Crippen molar-refractivity contribution in [3.8, 4) is 11.5 Å². The number of ketones is 1. The molecule has 0 aliphatic carbocycles. The molecule has 0 amide bonds. The summed E-state index contributed by atoms with van der Waals surface area (Å²) >= 11 is 1.38. The van der Waals surface area contributed by atoms with Gasteiger partial charge in [-0.1, -0.05) is 24.3 Å². The van der Waals surface area contributed by atoms with Gasteiger partial charge in [0.25, 0.3) is 0 Å². The Morgan fingerprint density at radius 3 is 2.78 bits per heavy atom. The molecule has 27 heavy (non-hydrogen) atoms. The van der Waals surface area contributed by atoms with E-state index in [0.29, 0.717) is 22.0 Å². The number of carbonyl (C=O) groups excluding carboxylic acids is 1. The average molecular weight is 376 g/mol. The zero-order valence-electron chi connectivity index (χ0n) is 14.5. The molecule has 0 unspecified atom stereocenters. The number of benzene rings is 2. The molecular formula is C21H16N2O3S. The number of aromatic hydroxyl groups is 1. The van der Waals surface area contributed by atoms with Crippen LogP contribution in [0.25, 0.3) is 22.7 Å². The minimum atomic E-state index is -0.115. The van der Waals surface area contributed by atoms with Gasteiger partial charge in [0.05, 0.1) is 28.6 Å². The normalized spacial score (nSPS) is 11.7. The van der Waals surface area contributed by atoms with Gasteiger partial charge < -0.3 is 14.8 Å². The number of aromatic amines is 1. The van der Waals surface area contributed by atoms with E-state index in [4.69, 9.17) is 4.74 Å². The van der Waals surface area contributed by atoms with Gasteiger partial charge in [-0.3, -0.25) is 4.79 Å². The molecule has 0 aliphatic heterocycles. The van der Waals surface area contributed by atoms with E-state index in [-0.39, 0.29) is 11.5 Å². The van der Waals surface area contributed by atoms with Crippen LogP contribution >= 0.6 is 11.3 Å². The maximum absolute atomic E-state index is 13.1. The predicted molar refractivity (Wildman–Crippen MR) is 107 cm³/mol. The number of nitrogens with one attached hydrogen (secondary N) is 1. The van der Waals surface area contributed by atoms with Crippen LogP contribution in [0.1, 0.15) is 21.1 Å². The van der Waals surface area contributed by atoms with Gasteiger partial charge in [-0.15, -0.1) is 11.3 Å². The maximum atomic E-state index is 13.1. The summed E-state index contributed by atoms with van der Waals surface area (Å²) in [6.45, 7) is 0. The minimum Gasteiger partial charge on any atom is -0.504 e. The van der Waals surface area contributed by atoms with Crippen molar-refractivity contribution < 1.29 is 14.6 Å². The molecule has 6 heteroatoms. The van der Waals surface area contributed by atoms with Crippen LogP contribution in [0, 0.1) is 0 Å². The number of fused-ring (bicyclic) bond motifs is 1. The van der Waals surface area contributed by atoms with E-state index in [0.717, 1.165) is 16.6 Å². The molecule has 2 heterocycles. The van der Waals surface area contributed by atoms with Crippen molar-refractivity contribution in [1.29, 1.82) is 0 Å². The highest BCUT2D eigenvalue weighted by atomic mass is 32.1. The second-order valence-corrected chi connectivity index (χ2v) is 6.85. The second-order valence-electron chi connectivity index (χ2n) is 5.90. The van der Waals surface area contributed by atoms with Gasteiger partial charge in [-0.2, -0.15) is 0 Å². The summed E-state index contributed by atoms with van der Waals surface area (Å²) in [7, 11) is 1.49. The van der Waals surface area contributed by atoms with Crippen molar-refractivity contribution in [3.63, 3.8) is 0 Å². The number of phenolic OH excluding ortho intramolecular Hbond substituents is 1. The van der Waals surface area contributed by atoms with Gasteiger partial charge in [0.2, 0.25) is 5.78 Å². The summed E-state index contributed by atoms with van der Waals surface area (Å²) in [5.74, 6) is 0.776. The molecule has 0 bridgehead atoms. The number of carbonyl (C=O) groups is 1. The molecule has 0 fully saturated rings. The number of Topliss-reactive ketones (excluding diaryl/α,β-unsaturated/α-hetero) is 1. The monoisotopic (exact) mass is 376 g/mol. The lowest BCUT2D eigenvalue weighted by Gasteiger charge is -2.06. The number of phenols is 1. The lowest BCUT2D eigenvalue weighted by molar-refractivity contribution is 0.106. The van der Waals surface area contributed by atoms with Crippen LogP contribution < -0.4 is 4.74 Å². The summed E-state index contributed by atoms with van der Waals surface area (Å²) in [5, 5.41) is 11.7. The number of imidazole rings is 1. The molecule has 4 rings (SSSR count).